The Bertz CT molecular complexity index is 494. The molecule has 0 heterocycles. The number of methoxy groups -OCH3 is 2. The second-order valence-electron chi connectivity index (χ2n) is 4.28. The lowest BCUT2D eigenvalue weighted by atomic mass is 9.87. The number of ether oxygens (including phenoxy) is 2. The summed E-state index contributed by atoms with van der Waals surface area (Å²) in [4.78, 5) is 11.5. The predicted molar refractivity (Wildman–Crippen MR) is 70.5 cm³/mol. The van der Waals surface area contributed by atoms with Gasteiger partial charge in [-0.1, -0.05) is 17.7 Å². The van der Waals surface area contributed by atoms with Crippen molar-refractivity contribution in [2.24, 2.45) is 0 Å². The minimum absolute atomic E-state index is 0.0750. The number of carbonyl (C=O) groups excluding carboxylic acids is 1. The fourth-order valence-electron chi connectivity index (χ4n) is 2.19. The van der Waals surface area contributed by atoms with E-state index in [1.54, 1.807) is 14.2 Å². The molecule has 4 heteroatoms. The van der Waals surface area contributed by atoms with E-state index >= 15 is 0 Å². The van der Waals surface area contributed by atoms with Crippen LogP contribution in [0.4, 0.5) is 0 Å². The standard InChI is InChI=1S/C14H15ClO3/c1-17-13-4-3-9(7-14(13)18-2)10-5-11(15)8-12(16)6-10/h3-4,7-8,10H,5-6H2,1-2H3/t10-/m0/s1. The van der Waals surface area contributed by atoms with E-state index in [1.165, 1.54) is 6.08 Å². The van der Waals surface area contributed by atoms with Crippen LogP contribution in [0.15, 0.2) is 29.3 Å². The van der Waals surface area contributed by atoms with Crippen LogP contribution in [0.2, 0.25) is 0 Å². The number of halogens is 1. The summed E-state index contributed by atoms with van der Waals surface area (Å²) >= 11 is 5.97. The smallest absolute Gasteiger partial charge is 0.160 e. The first-order chi connectivity index (χ1) is 8.63. The second-order valence-corrected chi connectivity index (χ2v) is 4.76. The quantitative estimate of drug-likeness (QED) is 0.842. The van der Waals surface area contributed by atoms with E-state index in [0.717, 1.165) is 5.56 Å². The number of benzene rings is 1. The lowest BCUT2D eigenvalue weighted by Gasteiger charge is -2.20. The molecule has 1 aliphatic carbocycles. The molecule has 0 aliphatic heterocycles. The molecule has 0 fully saturated rings. The van der Waals surface area contributed by atoms with Crippen molar-refractivity contribution >= 4 is 17.4 Å². The summed E-state index contributed by atoms with van der Waals surface area (Å²) in [6.45, 7) is 0. The van der Waals surface area contributed by atoms with Gasteiger partial charge in [0.25, 0.3) is 0 Å². The molecule has 1 aliphatic rings. The molecule has 18 heavy (non-hydrogen) atoms. The van der Waals surface area contributed by atoms with E-state index in [-0.39, 0.29) is 11.7 Å². The Morgan fingerprint density at radius 2 is 1.89 bits per heavy atom. The second kappa shape index (κ2) is 5.44. The van der Waals surface area contributed by atoms with E-state index in [9.17, 15) is 4.79 Å². The molecular formula is C14H15ClO3. The lowest BCUT2D eigenvalue weighted by Crippen LogP contribution is -2.11. The number of carbonyl (C=O) groups is 1. The maximum Gasteiger partial charge on any atom is 0.160 e. The summed E-state index contributed by atoms with van der Waals surface area (Å²) in [5.41, 5.74) is 1.05. The van der Waals surface area contributed by atoms with E-state index in [0.29, 0.717) is 29.4 Å². The van der Waals surface area contributed by atoms with Crippen LogP contribution in [0.5, 0.6) is 11.5 Å². The SMILES string of the molecule is COc1ccc([C@@H]2CC(=O)C=C(Cl)C2)cc1OC. The summed E-state index contributed by atoms with van der Waals surface area (Å²) in [6, 6.07) is 5.71. The van der Waals surface area contributed by atoms with Gasteiger partial charge in [-0.15, -0.1) is 0 Å². The Morgan fingerprint density at radius 1 is 1.17 bits per heavy atom. The number of rotatable bonds is 3. The van der Waals surface area contributed by atoms with E-state index in [4.69, 9.17) is 21.1 Å². The van der Waals surface area contributed by atoms with Crippen LogP contribution in [-0.4, -0.2) is 20.0 Å². The van der Waals surface area contributed by atoms with Gasteiger partial charge >= 0.3 is 0 Å². The highest BCUT2D eigenvalue weighted by molar-refractivity contribution is 6.31. The zero-order valence-corrected chi connectivity index (χ0v) is 11.2. The van der Waals surface area contributed by atoms with Crippen molar-refractivity contribution < 1.29 is 14.3 Å². The average molecular weight is 267 g/mol. The lowest BCUT2D eigenvalue weighted by molar-refractivity contribution is -0.115. The molecule has 1 aromatic rings. The topological polar surface area (TPSA) is 35.5 Å². The minimum atomic E-state index is 0.0750. The van der Waals surface area contributed by atoms with Crippen molar-refractivity contribution in [3.63, 3.8) is 0 Å². The fraction of sp³-hybridized carbons (Fsp3) is 0.357. The van der Waals surface area contributed by atoms with E-state index < -0.39 is 0 Å². The Morgan fingerprint density at radius 3 is 2.50 bits per heavy atom. The monoisotopic (exact) mass is 266 g/mol. The number of hydrogen-bond acceptors (Lipinski definition) is 3. The molecule has 0 N–H and O–H groups in total. The molecule has 0 radical (unpaired) electrons. The molecule has 0 bridgehead atoms. The maximum absolute atomic E-state index is 11.5. The van der Waals surface area contributed by atoms with Gasteiger partial charge in [0.1, 0.15) is 0 Å². The molecular weight excluding hydrogens is 252 g/mol. The van der Waals surface area contributed by atoms with Crippen molar-refractivity contribution in [1.29, 1.82) is 0 Å². The van der Waals surface area contributed by atoms with Crippen LogP contribution >= 0.6 is 11.6 Å². The van der Waals surface area contributed by atoms with Gasteiger partial charge in [0.05, 0.1) is 14.2 Å². The van der Waals surface area contributed by atoms with Crippen LogP contribution < -0.4 is 9.47 Å². The van der Waals surface area contributed by atoms with Crippen LogP contribution in [0, 0.1) is 0 Å². The molecule has 3 nitrogen and oxygen atoms in total. The summed E-state index contributed by atoms with van der Waals surface area (Å²) in [5, 5.41) is 0.617. The van der Waals surface area contributed by atoms with Gasteiger partial charge in [-0.3, -0.25) is 4.79 Å². The first-order valence-corrected chi connectivity index (χ1v) is 6.12. The van der Waals surface area contributed by atoms with Gasteiger partial charge in [-0.25, -0.2) is 0 Å². The van der Waals surface area contributed by atoms with Crippen LogP contribution in [0.1, 0.15) is 24.3 Å². The van der Waals surface area contributed by atoms with Gasteiger partial charge in [0.2, 0.25) is 0 Å². The molecule has 1 atom stereocenters. The predicted octanol–water partition coefficient (Wildman–Crippen LogP) is 3.27. The third-order valence-electron chi connectivity index (χ3n) is 3.09. The highest BCUT2D eigenvalue weighted by Crippen LogP contribution is 2.37. The number of hydrogen-bond donors (Lipinski definition) is 0. The highest BCUT2D eigenvalue weighted by atomic mass is 35.5. The molecule has 0 saturated heterocycles. The third kappa shape index (κ3) is 2.67. The van der Waals surface area contributed by atoms with Crippen LogP contribution in [0.25, 0.3) is 0 Å². The zero-order chi connectivity index (χ0) is 13.1. The van der Waals surface area contributed by atoms with Gasteiger partial charge in [0, 0.05) is 11.5 Å². The van der Waals surface area contributed by atoms with Crippen molar-refractivity contribution in [1.82, 2.24) is 0 Å². The first kappa shape index (κ1) is 13.0. The third-order valence-corrected chi connectivity index (χ3v) is 3.35. The molecule has 0 amide bonds. The fourth-order valence-corrected chi connectivity index (χ4v) is 2.49. The summed E-state index contributed by atoms with van der Waals surface area (Å²) in [5.74, 6) is 1.55. The summed E-state index contributed by atoms with van der Waals surface area (Å²) < 4.78 is 10.5. The molecule has 2 rings (SSSR count). The summed E-state index contributed by atoms with van der Waals surface area (Å²) in [7, 11) is 3.20. The Kier molecular flexibility index (Phi) is 3.92. The Hall–Kier alpha value is -1.48. The molecule has 0 saturated carbocycles. The Labute approximate surface area is 111 Å². The van der Waals surface area contributed by atoms with Crippen LogP contribution in [-0.2, 0) is 4.79 Å². The molecule has 1 aromatic carbocycles. The van der Waals surface area contributed by atoms with Crippen molar-refractivity contribution in [2.75, 3.05) is 14.2 Å². The number of allylic oxidation sites excluding steroid dienone is 2. The van der Waals surface area contributed by atoms with Gasteiger partial charge in [-0.05, 0) is 36.1 Å². The Balaban J connectivity index is 2.29. The average Bonchev–Trinajstić information content (AvgIpc) is 2.36. The highest BCUT2D eigenvalue weighted by Gasteiger charge is 2.22. The van der Waals surface area contributed by atoms with E-state index in [1.807, 2.05) is 18.2 Å². The molecule has 96 valence electrons. The van der Waals surface area contributed by atoms with Crippen molar-refractivity contribution in [3.8, 4) is 11.5 Å². The molecule has 0 unspecified atom stereocenters. The summed E-state index contributed by atoms with van der Waals surface area (Å²) in [6.07, 6.45) is 2.70. The van der Waals surface area contributed by atoms with Gasteiger partial charge in [0.15, 0.2) is 17.3 Å². The zero-order valence-electron chi connectivity index (χ0n) is 10.4. The largest absolute Gasteiger partial charge is 0.493 e. The minimum Gasteiger partial charge on any atom is -0.493 e. The van der Waals surface area contributed by atoms with Crippen molar-refractivity contribution in [2.45, 2.75) is 18.8 Å². The van der Waals surface area contributed by atoms with Crippen LogP contribution in [0.3, 0.4) is 0 Å². The molecule has 0 aromatic heterocycles. The van der Waals surface area contributed by atoms with Crippen molar-refractivity contribution in [3.05, 3.63) is 34.9 Å². The van der Waals surface area contributed by atoms with Gasteiger partial charge < -0.3 is 9.47 Å². The van der Waals surface area contributed by atoms with Gasteiger partial charge in [-0.2, -0.15) is 0 Å². The molecule has 0 spiro atoms. The maximum atomic E-state index is 11.5. The normalized spacial score (nSPS) is 19.4. The van der Waals surface area contributed by atoms with E-state index in [2.05, 4.69) is 0 Å². The number of ketones is 1. The first-order valence-electron chi connectivity index (χ1n) is 5.75.